The number of urea groups is 1. The normalized spacial score (nSPS) is 42.4. The van der Waals surface area contributed by atoms with E-state index in [4.69, 9.17) is 44.6 Å². The van der Waals surface area contributed by atoms with Crippen molar-refractivity contribution in [3.05, 3.63) is 23.3 Å². The van der Waals surface area contributed by atoms with E-state index in [-0.39, 0.29) is 55.7 Å². The SMILES string of the molecule is CC[C@H]1OC(=O)[C@H](C)[C@@H](OC2CC(C)(OC)C(OC(=O)NCCCCNC(=O)Nc3ccc4c(c3O)C(=O)C3C(=O)[C@]5(O)C(=O)C(C(N)=O)C(=O)[C@@H](N(C)C)[C@@H]5C[C@@H]3[C@]4(C)O)C(C)O2)[C@H](C)[C@@H](OC2OC(C)CC(N(C)C)C2O)[C@](C)(O)C[C@@H](C)[C@H](N)[C@H](C)[C@@H](O)[C@]1(C)O. The minimum Gasteiger partial charge on any atom is -0.505 e. The van der Waals surface area contributed by atoms with Gasteiger partial charge in [-0.2, -0.15) is 0 Å². The fourth-order valence-electron chi connectivity index (χ4n) is 15.8. The van der Waals surface area contributed by atoms with Gasteiger partial charge in [0.2, 0.25) is 5.91 Å². The second-order valence-corrected chi connectivity index (χ2v) is 28.7. The Morgan fingerprint density at radius 2 is 1.43 bits per heavy atom. The number of hydrogen-bond donors (Lipinski definition) is 12. The van der Waals surface area contributed by atoms with Crippen LogP contribution in [0.5, 0.6) is 5.75 Å². The van der Waals surface area contributed by atoms with Crippen molar-refractivity contribution in [2.75, 3.05) is 53.7 Å². The highest BCUT2D eigenvalue weighted by atomic mass is 16.7. The molecule has 0 radical (unpaired) electrons. The lowest BCUT2D eigenvalue weighted by Gasteiger charge is -2.55. The topological polar surface area (TPSA) is 437 Å². The van der Waals surface area contributed by atoms with Gasteiger partial charge >= 0.3 is 18.1 Å². The summed E-state index contributed by atoms with van der Waals surface area (Å²) in [6.45, 7) is 18.0. The van der Waals surface area contributed by atoms with Gasteiger partial charge in [0.05, 0.1) is 70.9 Å². The number of amides is 4. The first-order valence-electron chi connectivity index (χ1n) is 32.6. The van der Waals surface area contributed by atoms with Crippen LogP contribution in [0.4, 0.5) is 15.3 Å². The number of rotatable bonds is 16. The maximum Gasteiger partial charge on any atom is 0.407 e. The zero-order chi connectivity index (χ0) is 70.6. The summed E-state index contributed by atoms with van der Waals surface area (Å²) >= 11 is 0. The molecule has 14 N–H and O–H groups in total. The van der Waals surface area contributed by atoms with E-state index < -0.39 is 208 Å². The minimum atomic E-state index is -3.03. The van der Waals surface area contributed by atoms with Crippen LogP contribution in [-0.4, -0.2) is 243 Å². The maximum atomic E-state index is 14.6. The average molecular weight is 1330 g/mol. The number of anilines is 1. The molecule has 3 aliphatic carbocycles. The molecule has 3 saturated heterocycles. The van der Waals surface area contributed by atoms with Crippen molar-refractivity contribution < 1.29 is 107 Å². The number of benzene rings is 1. The highest BCUT2D eigenvalue weighted by Gasteiger charge is 2.72. The lowest BCUT2D eigenvalue weighted by molar-refractivity contribution is -0.318. The number of methoxy groups -OCH3 is 1. The number of alkyl carbamates (subject to hydrolysis) is 1. The van der Waals surface area contributed by atoms with Gasteiger partial charge in [0.15, 0.2) is 53.3 Å². The van der Waals surface area contributed by atoms with E-state index in [0.717, 1.165) is 0 Å². The van der Waals surface area contributed by atoms with Crippen molar-refractivity contribution >= 4 is 52.8 Å². The highest BCUT2D eigenvalue weighted by molar-refractivity contribution is 6.32. The van der Waals surface area contributed by atoms with E-state index in [2.05, 4.69) is 16.0 Å². The number of phenols is 1. The first kappa shape index (κ1) is 76.0. The van der Waals surface area contributed by atoms with Crippen LogP contribution >= 0.6 is 0 Å². The molecule has 4 amide bonds. The molecule has 0 spiro atoms. The predicted octanol–water partition coefficient (Wildman–Crippen LogP) is 0.725. The number of aliphatic hydroxyl groups excluding tert-OH is 2. The van der Waals surface area contributed by atoms with Gasteiger partial charge in [0.25, 0.3) is 0 Å². The summed E-state index contributed by atoms with van der Waals surface area (Å²) in [5.74, 6) is -18.1. The van der Waals surface area contributed by atoms with E-state index in [1.165, 1.54) is 52.1 Å². The van der Waals surface area contributed by atoms with Gasteiger partial charge in [0, 0.05) is 62.4 Å². The number of ketones is 4. The zero-order valence-electron chi connectivity index (χ0n) is 56.9. The smallest absolute Gasteiger partial charge is 0.407 e. The largest absolute Gasteiger partial charge is 0.505 e. The van der Waals surface area contributed by atoms with Crippen LogP contribution in [0, 0.1) is 47.3 Å². The maximum absolute atomic E-state index is 14.6. The Balaban J connectivity index is 0.995. The molecular formula is C65H103N7O22. The third-order valence-electron chi connectivity index (χ3n) is 21.3. The van der Waals surface area contributed by atoms with Crippen molar-refractivity contribution in [2.45, 2.75) is 229 Å². The fourth-order valence-corrected chi connectivity index (χ4v) is 15.8. The summed E-state index contributed by atoms with van der Waals surface area (Å²) in [7, 11) is 7.96. The molecule has 1 aromatic rings. The van der Waals surface area contributed by atoms with Crippen LogP contribution in [0.25, 0.3) is 0 Å². The van der Waals surface area contributed by atoms with Gasteiger partial charge in [-0.25, -0.2) is 9.59 Å². The quantitative estimate of drug-likeness (QED) is 0.0470. The highest BCUT2D eigenvalue weighted by Crippen LogP contribution is 2.57. The summed E-state index contributed by atoms with van der Waals surface area (Å²) in [5, 5.41) is 91.5. The number of fused-ring (bicyclic) bond motifs is 3. The van der Waals surface area contributed by atoms with Crippen molar-refractivity contribution in [1.82, 2.24) is 20.4 Å². The Kier molecular flexibility index (Phi) is 23.4. The lowest BCUT2D eigenvalue weighted by Crippen LogP contribution is -2.75. The monoisotopic (exact) mass is 1330 g/mol. The fraction of sp³-hybridized carbons (Fsp3) is 0.785. The van der Waals surface area contributed by atoms with E-state index in [0.29, 0.717) is 19.3 Å². The number of cyclic esters (lactones) is 1. The number of phenolic OH excluding ortho intramolecular Hbond substituents is 1. The number of esters is 1. The van der Waals surface area contributed by atoms with Gasteiger partial charge in [-0.3, -0.25) is 33.7 Å². The van der Waals surface area contributed by atoms with Crippen LogP contribution in [-0.2, 0) is 62.7 Å². The number of nitrogens with two attached hydrogens (primary N) is 2. The Labute approximate surface area is 548 Å². The van der Waals surface area contributed by atoms with Crippen molar-refractivity contribution in [1.29, 1.82) is 0 Å². The number of hydrogen-bond acceptors (Lipinski definition) is 25. The molecule has 0 aromatic heterocycles. The van der Waals surface area contributed by atoms with Gasteiger partial charge in [0.1, 0.15) is 29.2 Å². The molecule has 6 aliphatic rings. The van der Waals surface area contributed by atoms with Crippen molar-refractivity contribution in [3.8, 4) is 5.75 Å². The van der Waals surface area contributed by atoms with Gasteiger partial charge < -0.3 is 101 Å². The first-order valence-corrected chi connectivity index (χ1v) is 32.6. The molecule has 29 nitrogen and oxygen atoms in total. The van der Waals surface area contributed by atoms with Crippen LogP contribution in [0.2, 0.25) is 0 Å². The zero-order valence-corrected chi connectivity index (χ0v) is 56.9. The third-order valence-corrected chi connectivity index (χ3v) is 21.3. The molecule has 530 valence electrons. The van der Waals surface area contributed by atoms with Crippen LogP contribution in [0.15, 0.2) is 12.1 Å². The molecule has 10 unspecified atom stereocenters. The molecule has 5 fully saturated rings. The number of carbonyl (C=O) groups excluding carboxylic acids is 8. The van der Waals surface area contributed by atoms with Gasteiger partial charge in [-0.15, -0.1) is 0 Å². The number of ether oxygens (including phenoxy) is 7. The first-order chi connectivity index (χ1) is 43.6. The number of nitrogens with one attached hydrogen (secondary N) is 3. The number of nitrogens with zero attached hydrogens (tertiary/aromatic N) is 2. The number of Topliss-reactive ketones (excluding diaryl/α,β-unsaturated/α-hetero) is 4. The van der Waals surface area contributed by atoms with Gasteiger partial charge in [-0.05, 0) is 133 Å². The standard InChI is InChI=1S/C65H103N7O22/c1-17-39-64(11,86)51(77)30(4)44(66)28(2)26-61(8,84)54(93-58-47(74)38(71(12)13)24-29(3)89-58)31(5)50(32(6)57(81)91-39)92-40-27-62(9,88-16)55(33(7)90-40)94-60(83)69-23-19-18-22-68-59(82)70-37-21-20-34-41(46(37)73)48(75)42-35(63(34,10)85)25-36-45(72(14)15)49(76)43(56(67)80)53(79)65(36,87)52(42)78/h20-21,28-33,35-36,38-40,42-45,47,50-51,54-55,58,73-74,77,84-87H,17-19,22-27,66H2,1-16H3,(H2,67,80)(H,69,83)(H2,68,70,82)/t28-,29?,30+,31+,32-,33?,35+,36+,38?,39-,40?,42?,43?,44+,45+,47?,50+,51-,54-,55?,58?,61-,62?,63-,64-,65+/m1/s1. The van der Waals surface area contributed by atoms with E-state index in [9.17, 15) is 74.1 Å². The molecule has 3 aliphatic heterocycles. The molecule has 1 aromatic carbocycles. The minimum absolute atomic E-state index is 0.0127. The molecular weight excluding hydrogens is 1230 g/mol. The molecule has 26 atom stereocenters. The Morgan fingerprint density at radius 1 is 0.798 bits per heavy atom. The number of primary amides is 1. The average Bonchev–Trinajstić information content (AvgIpc) is 0.689. The van der Waals surface area contributed by atoms with Crippen LogP contribution in [0.3, 0.4) is 0 Å². The summed E-state index contributed by atoms with van der Waals surface area (Å²) in [6.07, 6.45) is -11.2. The van der Waals surface area contributed by atoms with E-state index in [1.54, 1.807) is 48.5 Å². The summed E-state index contributed by atoms with van der Waals surface area (Å²) in [5.41, 5.74) is 1.13. The second kappa shape index (κ2) is 29.0. The van der Waals surface area contributed by atoms with Crippen molar-refractivity contribution in [3.63, 3.8) is 0 Å². The third kappa shape index (κ3) is 14.5. The van der Waals surface area contributed by atoms with E-state index >= 15 is 0 Å². The molecule has 0 bridgehead atoms. The second-order valence-electron chi connectivity index (χ2n) is 28.7. The Morgan fingerprint density at radius 3 is 2.01 bits per heavy atom. The summed E-state index contributed by atoms with van der Waals surface area (Å²) < 4.78 is 44.4. The molecule has 94 heavy (non-hydrogen) atoms. The number of aromatic hydroxyl groups is 1. The number of unbranched alkanes of at least 4 members (excludes halogenated alkanes) is 1. The number of likely N-dealkylation sites (N-methyl/N-ethyl adjacent to an activating group) is 2. The van der Waals surface area contributed by atoms with Crippen molar-refractivity contribution in [2.24, 2.45) is 58.8 Å². The number of aliphatic hydroxyl groups is 6. The summed E-state index contributed by atoms with van der Waals surface area (Å²) in [4.78, 5) is 113. The Hall–Kier alpha value is -5.38. The van der Waals surface area contributed by atoms with Crippen LogP contribution in [0.1, 0.15) is 137 Å². The molecule has 29 heteroatoms. The molecule has 2 saturated carbocycles. The van der Waals surface area contributed by atoms with Crippen LogP contribution < -0.4 is 27.4 Å². The molecule has 7 rings (SSSR count). The summed E-state index contributed by atoms with van der Waals surface area (Å²) in [6, 6.07) is -0.870. The predicted molar refractivity (Wildman–Crippen MR) is 335 cm³/mol. The number of carbonyl (C=O) groups is 8. The van der Waals surface area contributed by atoms with Gasteiger partial charge in [-0.1, -0.05) is 33.8 Å². The lowest BCUT2D eigenvalue weighted by atomic mass is 9.49. The molecule has 3 heterocycles. The van der Waals surface area contributed by atoms with E-state index in [1.807, 2.05) is 32.8 Å². The Bertz CT molecular complexity index is 2980.